The van der Waals surface area contributed by atoms with Gasteiger partial charge in [-0.25, -0.2) is 4.79 Å². The molecule has 0 aliphatic rings. The number of hydrogen-bond acceptors (Lipinski definition) is 4. The lowest BCUT2D eigenvalue weighted by atomic mass is 10.1. The maximum absolute atomic E-state index is 13.1. The summed E-state index contributed by atoms with van der Waals surface area (Å²) in [5, 5.41) is 0.859. The lowest BCUT2D eigenvalue weighted by molar-refractivity contribution is -0.142. The number of rotatable bonds is 8. The van der Waals surface area contributed by atoms with E-state index in [9.17, 15) is 9.59 Å². The van der Waals surface area contributed by atoms with Crippen molar-refractivity contribution in [2.24, 2.45) is 0 Å². The number of para-hydroxylation sites is 1. The number of aromatic nitrogens is 1. The first-order valence-electron chi connectivity index (χ1n) is 8.80. The van der Waals surface area contributed by atoms with E-state index in [1.165, 1.54) is 0 Å². The van der Waals surface area contributed by atoms with Gasteiger partial charge in [0.1, 0.15) is 0 Å². The second-order valence-corrected chi connectivity index (χ2v) is 5.80. The molecule has 1 heterocycles. The molecule has 0 aliphatic heterocycles. The van der Waals surface area contributed by atoms with Crippen LogP contribution in [0.1, 0.15) is 45.3 Å². The number of benzene rings is 1. The standard InChI is InChI=1S/C19H26N2O4/c1-4-11-21(12-5-2)18(22)17(25-19(23)24-6-3)15-13-20-16-10-8-7-9-14(15)16/h7-10,13,17,20H,4-6,11-12H2,1-3H3. The quantitative estimate of drug-likeness (QED) is 0.733. The molecule has 2 rings (SSSR count). The Bertz CT molecular complexity index is 704. The topological polar surface area (TPSA) is 71.6 Å². The van der Waals surface area contributed by atoms with Crippen LogP contribution >= 0.6 is 0 Å². The van der Waals surface area contributed by atoms with Gasteiger partial charge in [-0.05, 0) is 25.8 Å². The molecule has 6 nitrogen and oxygen atoms in total. The van der Waals surface area contributed by atoms with Crippen molar-refractivity contribution in [3.63, 3.8) is 0 Å². The Hall–Kier alpha value is -2.50. The third-order valence-corrected chi connectivity index (χ3v) is 3.90. The maximum atomic E-state index is 13.1. The fourth-order valence-corrected chi connectivity index (χ4v) is 2.84. The molecule has 0 saturated carbocycles. The van der Waals surface area contributed by atoms with Gasteiger partial charge in [0, 0.05) is 35.8 Å². The summed E-state index contributed by atoms with van der Waals surface area (Å²) in [7, 11) is 0. The first kappa shape index (κ1) is 18.8. The summed E-state index contributed by atoms with van der Waals surface area (Å²) in [5.41, 5.74) is 1.53. The third kappa shape index (κ3) is 4.53. The first-order valence-corrected chi connectivity index (χ1v) is 8.80. The van der Waals surface area contributed by atoms with Gasteiger partial charge in [0.05, 0.1) is 6.61 Å². The van der Waals surface area contributed by atoms with Crippen LogP contribution in [0.15, 0.2) is 30.5 Å². The van der Waals surface area contributed by atoms with Crippen LogP contribution in [-0.4, -0.2) is 41.6 Å². The highest BCUT2D eigenvalue weighted by Gasteiger charge is 2.31. The largest absolute Gasteiger partial charge is 0.509 e. The molecule has 1 atom stereocenters. The van der Waals surface area contributed by atoms with Gasteiger partial charge in [0.25, 0.3) is 5.91 Å². The molecular formula is C19H26N2O4. The molecule has 0 radical (unpaired) electrons. The third-order valence-electron chi connectivity index (χ3n) is 3.90. The monoisotopic (exact) mass is 346 g/mol. The van der Waals surface area contributed by atoms with Crippen molar-refractivity contribution in [3.05, 3.63) is 36.0 Å². The predicted octanol–water partition coefficient (Wildman–Crippen LogP) is 4.03. The first-order chi connectivity index (χ1) is 12.1. The molecule has 0 aliphatic carbocycles. The number of fused-ring (bicyclic) bond motifs is 1. The predicted molar refractivity (Wildman–Crippen MR) is 96.3 cm³/mol. The summed E-state index contributed by atoms with van der Waals surface area (Å²) in [6.07, 6.45) is 1.55. The van der Waals surface area contributed by atoms with E-state index in [0.29, 0.717) is 18.7 Å². The molecule has 1 aromatic carbocycles. The van der Waals surface area contributed by atoms with Crippen LogP contribution in [0.4, 0.5) is 4.79 Å². The molecule has 0 bridgehead atoms. The zero-order valence-electron chi connectivity index (χ0n) is 15.1. The number of amides is 1. The summed E-state index contributed by atoms with van der Waals surface area (Å²) >= 11 is 0. The molecule has 1 N–H and O–H groups in total. The van der Waals surface area contributed by atoms with Crippen molar-refractivity contribution < 1.29 is 19.1 Å². The minimum absolute atomic E-state index is 0.196. The van der Waals surface area contributed by atoms with Crippen molar-refractivity contribution in [1.29, 1.82) is 0 Å². The molecular weight excluding hydrogens is 320 g/mol. The second kappa shape index (κ2) is 9.11. The molecule has 1 unspecified atom stereocenters. The van der Waals surface area contributed by atoms with Crippen molar-refractivity contribution in [2.75, 3.05) is 19.7 Å². The number of hydrogen-bond donors (Lipinski definition) is 1. The molecule has 6 heteroatoms. The van der Waals surface area contributed by atoms with E-state index in [0.717, 1.165) is 23.7 Å². The van der Waals surface area contributed by atoms with Gasteiger partial charge in [-0.2, -0.15) is 0 Å². The molecule has 0 spiro atoms. The van der Waals surface area contributed by atoms with Crippen molar-refractivity contribution in [2.45, 2.75) is 39.7 Å². The number of carbonyl (C=O) groups is 2. The van der Waals surface area contributed by atoms with Gasteiger partial charge in [-0.3, -0.25) is 4.79 Å². The normalized spacial score (nSPS) is 12.0. The van der Waals surface area contributed by atoms with Gasteiger partial charge < -0.3 is 19.4 Å². The van der Waals surface area contributed by atoms with Crippen LogP contribution in [0.2, 0.25) is 0 Å². The van der Waals surface area contributed by atoms with Crippen molar-refractivity contribution >= 4 is 23.0 Å². The molecule has 1 amide bonds. The van der Waals surface area contributed by atoms with E-state index in [-0.39, 0.29) is 12.5 Å². The van der Waals surface area contributed by atoms with Crippen LogP contribution in [-0.2, 0) is 14.3 Å². The molecule has 136 valence electrons. The van der Waals surface area contributed by atoms with E-state index in [2.05, 4.69) is 4.98 Å². The van der Waals surface area contributed by atoms with Gasteiger partial charge in [0.15, 0.2) is 0 Å². The summed E-state index contributed by atoms with van der Waals surface area (Å²) in [5.74, 6) is -0.221. The van der Waals surface area contributed by atoms with Gasteiger partial charge in [-0.1, -0.05) is 32.0 Å². The highest BCUT2D eigenvalue weighted by Crippen LogP contribution is 2.29. The minimum Gasteiger partial charge on any atom is -0.435 e. The zero-order chi connectivity index (χ0) is 18.2. The smallest absolute Gasteiger partial charge is 0.435 e. The number of nitrogens with one attached hydrogen (secondary N) is 1. The average molecular weight is 346 g/mol. The summed E-state index contributed by atoms with van der Waals surface area (Å²) in [6.45, 7) is 7.17. The van der Waals surface area contributed by atoms with Crippen LogP contribution in [0.3, 0.4) is 0 Å². The van der Waals surface area contributed by atoms with E-state index in [4.69, 9.17) is 9.47 Å². The molecule has 2 aromatic rings. The summed E-state index contributed by atoms with van der Waals surface area (Å²) < 4.78 is 10.3. The Morgan fingerprint density at radius 2 is 1.80 bits per heavy atom. The molecule has 25 heavy (non-hydrogen) atoms. The Morgan fingerprint density at radius 1 is 1.12 bits per heavy atom. The highest BCUT2D eigenvalue weighted by molar-refractivity contribution is 5.92. The van der Waals surface area contributed by atoms with E-state index in [1.807, 2.05) is 38.1 Å². The highest BCUT2D eigenvalue weighted by atomic mass is 16.7. The van der Waals surface area contributed by atoms with Gasteiger partial charge in [0.2, 0.25) is 6.10 Å². The SMILES string of the molecule is CCCN(CCC)C(=O)C(OC(=O)OCC)c1c[nH]c2ccccc12. The molecule has 0 saturated heterocycles. The number of aromatic amines is 1. The van der Waals surface area contributed by atoms with Crippen LogP contribution in [0.25, 0.3) is 10.9 Å². The van der Waals surface area contributed by atoms with Crippen LogP contribution < -0.4 is 0 Å². The molecule has 0 fully saturated rings. The fraction of sp³-hybridized carbons (Fsp3) is 0.474. The lowest BCUT2D eigenvalue weighted by Crippen LogP contribution is -2.38. The Labute approximate surface area is 148 Å². The zero-order valence-corrected chi connectivity index (χ0v) is 15.1. The second-order valence-electron chi connectivity index (χ2n) is 5.80. The average Bonchev–Trinajstić information content (AvgIpc) is 3.03. The maximum Gasteiger partial charge on any atom is 0.509 e. The summed E-state index contributed by atoms with van der Waals surface area (Å²) in [6, 6.07) is 7.62. The Balaban J connectivity index is 2.38. The van der Waals surface area contributed by atoms with E-state index in [1.54, 1.807) is 18.0 Å². The fourth-order valence-electron chi connectivity index (χ4n) is 2.84. The number of ether oxygens (including phenoxy) is 2. The van der Waals surface area contributed by atoms with Crippen LogP contribution in [0.5, 0.6) is 0 Å². The van der Waals surface area contributed by atoms with Gasteiger partial charge >= 0.3 is 6.16 Å². The van der Waals surface area contributed by atoms with Crippen molar-refractivity contribution in [3.8, 4) is 0 Å². The van der Waals surface area contributed by atoms with E-state index < -0.39 is 12.3 Å². The Kier molecular flexibility index (Phi) is 6.86. The number of H-pyrrole nitrogens is 1. The summed E-state index contributed by atoms with van der Waals surface area (Å²) in [4.78, 5) is 29.9. The minimum atomic E-state index is -1.02. The molecule has 1 aromatic heterocycles. The van der Waals surface area contributed by atoms with Crippen molar-refractivity contribution in [1.82, 2.24) is 9.88 Å². The van der Waals surface area contributed by atoms with Gasteiger partial charge in [-0.15, -0.1) is 0 Å². The van der Waals surface area contributed by atoms with E-state index >= 15 is 0 Å². The number of carbonyl (C=O) groups excluding carboxylic acids is 2. The lowest BCUT2D eigenvalue weighted by Gasteiger charge is -2.26. The van der Waals surface area contributed by atoms with Crippen LogP contribution in [0, 0.1) is 0 Å². The number of nitrogens with zero attached hydrogens (tertiary/aromatic N) is 1. The Morgan fingerprint density at radius 3 is 2.44 bits per heavy atom.